The van der Waals surface area contributed by atoms with Crippen molar-refractivity contribution < 1.29 is 0 Å². The van der Waals surface area contributed by atoms with Gasteiger partial charge in [-0.2, -0.15) is 5.10 Å². The highest BCUT2D eigenvalue weighted by atomic mass is 15.3. The molecule has 3 nitrogen and oxygen atoms in total. The lowest BCUT2D eigenvalue weighted by atomic mass is 9.95. The minimum Gasteiger partial charge on any atom is -0.330 e. The van der Waals surface area contributed by atoms with Crippen LogP contribution in [-0.4, -0.2) is 16.3 Å². The van der Waals surface area contributed by atoms with E-state index < -0.39 is 0 Å². The molecule has 0 aliphatic heterocycles. The topological polar surface area (TPSA) is 43.8 Å². The molecule has 0 saturated heterocycles. The van der Waals surface area contributed by atoms with Gasteiger partial charge in [-0.1, -0.05) is 19.3 Å². The molecule has 0 aromatic carbocycles. The number of hydrogen-bond acceptors (Lipinski definition) is 2. The number of nitrogens with zero attached hydrogens (tertiary/aromatic N) is 2. The SMILES string of the molecule is NCC1CCCCCC1n1cccn1. The van der Waals surface area contributed by atoms with Crippen molar-refractivity contribution >= 4 is 0 Å². The zero-order valence-corrected chi connectivity index (χ0v) is 8.60. The van der Waals surface area contributed by atoms with E-state index in [1.54, 1.807) is 0 Å². The van der Waals surface area contributed by atoms with Crippen LogP contribution in [0.3, 0.4) is 0 Å². The molecule has 14 heavy (non-hydrogen) atoms. The van der Waals surface area contributed by atoms with Crippen LogP contribution in [-0.2, 0) is 0 Å². The smallest absolute Gasteiger partial charge is 0.0559 e. The normalized spacial score (nSPS) is 28.6. The van der Waals surface area contributed by atoms with E-state index in [-0.39, 0.29) is 0 Å². The Morgan fingerprint density at radius 3 is 2.86 bits per heavy atom. The maximum atomic E-state index is 5.83. The Morgan fingerprint density at radius 1 is 1.29 bits per heavy atom. The minimum atomic E-state index is 0.539. The molecule has 1 aliphatic carbocycles. The summed E-state index contributed by atoms with van der Waals surface area (Å²) in [5, 5.41) is 4.34. The standard InChI is InChI=1S/C11H19N3/c12-9-10-5-2-1-3-6-11(10)14-8-4-7-13-14/h4,7-8,10-11H,1-3,5-6,9,12H2. The third-order valence-corrected chi connectivity index (χ3v) is 3.29. The number of aromatic nitrogens is 2. The Morgan fingerprint density at radius 2 is 2.14 bits per heavy atom. The molecule has 3 heteroatoms. The van der Waals surface area contributed by atoms with E-state index in [9.17, 15) is 0 Å². The maximum Gasteiger partial charge on any atom is 0.0559 e. The van der Waals surface area contributed by atoms with Crippen molar-refractivity contribution in [2.24, 2.45) is 11.7 Å². The van der Waals surface area contributed by atoms with Gasteiger partial charge in [0.05, 0.1) is 6.04 Å². The predicted octanol–water partition coefficient (Wildman–Crippen LogP) is 1.96. The zero-order valence-electron chi connectivity index (χ0n) is 8.60. The minimum absolute atomic E-state index is 0.539. The molecule has 1 aromatic rings. The van der Waals surface area contributed by atoms with Gasteiger partial charge in [-0.3, -0.25) is 4.68 Å². The first kappa shape index (κ1) is 9.71. The van der Waals surface area contributed by atoms with E-state index >= 15 is 0 Å². The predicted molar refractivity (Wildman–Crippen MR) is 56.9 cm³/mol. The van der Waals surface area contributed by atoms with Crippen LogP contribution in [0.1, 0.15) is 38.1 Å². The molecule has 0 amide bonds. The number of rotatable bonds is 2. The molecule has 1 aromatic heterocycles. The fraction of sp³-hybridized carbons (Fsp3) is 0.727. The van der Waals surface area contributed by atoms with E-state index in [2.05, 4.69) is 16.0 Å². The van der Waals surface area contributed by atoms with Gasteiger partial charge in [0.1, 0.15) is 0 Å². The molecule has 1 fully saturated rings. The van der Waals surface area contributed by atoms with Crippen molar-refractivity contribution in [3.05, 3.63) is 18.5 Å². The van der Waals surface area contributed by atoms with Gasteiger partial charge in [-0.05, 0) is 31.4 Å². The summed E-state index contributed by atoms with van der Waals surface area (Å²) in [6.45, 7) is 0.796. The van der Waals surface area contributed by atoms with Crippen molar-refractivity contribution in [3.8, 4) is 0 Å². The van der Waals surface area contributed by atoms with Crippen molar-refractivity contribution in [3.63, 3.8) is 0 Å². The van der Waals surface area contributed by atoms with Crippen LogP contribution in [0.2, 0.25) is 0 Å². The second-order valence-electron chi connectivity index (χ2n) is 4.19. The summed E-state index contributed by atoms with van der Waals surface area (Å²) < 4.78 is 2.10. The summed E-state index contributed by atoms with van der Waals surface area (Å²) in [6.07, 6.45) is 10.4. The summed E-state index contributed by atoms with van der Waals surface area (Å²) >= 11 is 0. The lowest BCUT2D eigenvalue weighted by Crippen LogP contribution is -2.25. The molecule has 1 aliphatic rings. The van der Waals surface area contributed by atoms with Crippen LogP contribution >= 0.6 is 0 Å². The second kappa shape index (κ2) is 4.60. The monoisotopic (exact) mass is 193 g/mol. The lowest BCUT2D eigenvalue weighted by molar-refractivity contribution is 0.295. The molecule has 78 valence electrons. The van der Waals surface area contributed by atoms with Gasteiger partial charge in [-0.15, -0.1) is 0 Å². The first-order valence-corrected chi connectivity index (χ1v) is 5.61. The molecule has 1 saturated carbocycles. The molecule has 2 N–H and O–H groups in total. The van der Waals surface area contributed by atoms with E-state index in [0.717, 1.165) is 6.54 Å². The second-order valence-corrected chi connectivity index (χ2v) is 4.19. The summed E-state index contributed by atoms with van der Waals surface area (Å²) in [5.41, 5.74) is 5.83. The highest BCUT2D eigenvalue weighted by Gasteiger charge is 2.23. The van der Waals surface area contributed by atoms with E-state index in [4.69, 9.17) is 5.73 Å². The third-order valence-electron chi connectivity index (χ3n) is 3.29. The highest BCUT2D eigenvalue weighted by molar-refractivity contribution is 4.85. The molecule has 2 unspecified atom stereocenters. The van der Waals surface area contributed by atoms with Gasteiger partial charge < -0.3 is 5.73 Å². The Labute approximate surface area is 85.3 Å². The Kier molecular flexibility index (Phi) is 3.19. The molecule has 0 bridgehead atoms. The fourth-order valence-electron chi connectivity index (χ4n) is 2.46. The van der Waals surface area contributed by atoms with Gasteiger partial charge in [0.2, 0.25) is 0 Å². The van der Waals surface area contributed by atoms with Crippen LogP contribution < -0.4 is 5.73 Å². The van der Waals surface area contributed by atoms with Gasteiger partial charge in [0.25, 0.3) is 0 Å². The van der Waals surface area contributed by atoms with Crippen molar-refractivity contribution in [1.82, 2.24) is 9.78 Å². The lowest BCUT2D eigenvalue weighted by Gasteiger charge is -2.23. The summed E-state index contributed by atoms with van der Waals surface area (Å²) in [6, 6.07) is 2.54. The van der Waals surface area contributed by atoms with Crippen molar-refractivity contribution in [1.29, 1.82) is 0 Å². The summed E-state index contributed by atoms with van der Waals surface area (Å²) in [7, 11) is 0. The van der Waals surface area contributed by atoms with Gasteiger partial charge in [0.15, 0.2) is 0 Å². The maximum absolute atomic E-state index is 5.83. The fourth-order valence-corrected chi connectivity index (χ4v) is 2.46. The van der Waals surface area contributed by atoms with Crippen molar-refractivity contribution in [2.45, 2.75) is 38.1 Å². The quantitative estimate of drug-likeness (QED) is 0.730. The molecule has 1 heterocycles. The molecule has 2 atom stereocenters. The average molecular weight is 193 g/mol. The van der Waals surface area contributed by atoms with E-state index in [0.29, 0.717) is 12.0 Å². The Bertz CT molecular complexity index is 256. The zero-order chi connectivity index (χ0) is 9.80. The molecular formula is C11H19N3. The molecule has 2 rings (SSSR count). The van der Waals surface area contributed by atoms with Gasteiger partial charge in [-0.25, -0.2) is 0 Å². The van der Waals surface area contributed by atoms with Crippen LogP contribution in [0, 0.1) is 5.92 Å². The first-order chi connectivity index (χ1) is 6.92. The largest absolute Gasteiger partial charge is 0.330 e. The summed E-state index contributed by atoms with van der Waals surface area (Å²) in [5.74, 6) is 0.623. The van der Waals surface area contributed by atoms with Crippen LogP contribution in [0.5, 0.6) is 0 Å². The Hall–Kier alpha value is -0.830. The first-order valence-electron chi connectivity index (χ1n) is 5.61. The number of nitrogens with two attached hydrogens (primary N) is 1. The van der Waals surface area contributed by atoms with Gasteiger partial charge in [0, 0.05) is 12.4 Å². The average Bonchev–Trinajstić information content (AvgIpc) is 2.63. The third kappa shape index (κ3) is 1.98. The Balaban J connectivity index is 2.12. The summed E-state index contributed by atoms with van der Waals surface area (Å²) in [4.78, 5) is 0. The van der Waals surface area contributed by atoms with E-state index in [1.165, 1.54) is 32.1 Å². The molecule has 0 spiro atoms. The van der Waals surface area contributed by atoms with Crippen LogP contribution in [0.4, 0.5) is 0 Å². The van der Waals surface area contributed by atoms with Crippen molar-refractivity contribution in [2.75, 3.05) is 6.54 Å². The van der Waals surface area contributed by atoms with E-state index in [1.807, 2.05) is 12.3 Å². The van der Waals surface area contributed by atoms with Crippen LogP contribution in [0.25, 0.3) is 0 Å². The van der Waals surface area contributed by atoms with Crippen LogP contribution in [0.15, 0.2) is 18.5 Å². The highest BCUT2D eigenvalue weighted by Crippen LogP contribution is 2.31. The molecule has 0 radical (unpaired) electrons. The van der Waals surface area contributed by atoms with Gasteiger partial charge >= 0.3 is 0 Å². The number of hydrogen-bond donors (Lipinski definition) is 1. The molecular weight excluding hydrogens is 174 g/mol.